The molecule has 2 heterocycles. The van der Waals surface area contributed by atoms with Crippen LogP contribution < -0.4 is 9.64 Å². The van der Waals surface area contributed by atoms with E-state index in [4.69, 9.17) is 19.0 Å². The Bertz CT molecular complexity index is 1090. The topological polar surface area (TPSA) is 94.6 Å². The van der Waals surface area contributed by atoms with Crippen LogP contribution in [0.4, 0.5) is 5.69 Å². The lowest BCUT2D eigenvalue weighted by Crippen LogP contribution is -2.69. The van der Waals surface area contributed by atoms with Gasteiger partial charge in [0.1, 0.15) is 11.7 Å². The van der Waals surface area contributed by atoms with E-state index >= 15 is 0 Å². The number of rotatable bonds is 8. The molecule has 35 heavy (non-hydrogen) atoms. The zero-order chi connectivity index (χ0) is 25.1. The Kier molecular flexibility index (Phi) is 7.18. The Labute approximate surface area is 203 Å². The molecule has 1 amide bonds. The summed E-state index contributed by atoms with van der Waals surface area (Å²) in [4.78, 5) is 46.5. The Hall–Kier alpha value is -3.69. The van der Waals surface area contributed by atoms with Crippen LogP contribution in [0.15, 0.2) is 67.3 Å². The number of hydroxylamine groups is 2. The molecule has 0 bridgehead atoms. The van der Waals surface area contributed by atoms with E-state index in [1.54, 1.807) is 47.4 Å². The Morgan fingerprint density at radius 2 is 1.63 bits per heavy atom. The van der Waals surface area contributed by atoms with Gasteiger partial charge in [-0.3, -0.25) is 14.4 Å². The van der Waals surface area contributed by atoms with Crippen molar-refractivity contribution in [1.29, 1.82) is 0 Å². The van der Waals surface area contributed by atoms with Gasteiger partial charge in [-0.2, -0.15) is 5.06 Å². The highest BCUT2D eigenvalue weighted by Gasteiger charge is 2.62. The van der Waals surface area contributed by atoms with Gasteiger partial charge in [0, 0.05) is 12.2 Å². The van der Waals surface area contributed by atoms with Gasteiger partial charge in [0.2, 0.25) is 5.91 Å². The minimum Gasteiger partial charge on any atom is -0.497 e. The standard InChI is InChI=1S/C26H28N2O7/c1-5-19-21(28(24(19)29)17-11-13-18(32-2)14-12-17)22-20(25(30)33-3)23(26(31)34-4)35-27(22)15-16-9-7-6-8-10-16/h5-14,19-23H,1,15H2,2-4H3/t19-,20+,21-,22-,23+/m0/s1. The SMILES string of the molecule is C=C[C@@H]1C(=O)N(c2ccc(OC)cc2)[C@@H]1[C@@H]1[C@@H](C(=O)OC)[C@H](C(=O)OC)ON1Cc1ccccc1. The average molecular weight is 481 g/mol. The molecular weight excluding hydrogens is 452 g/mol. The number of hydrogen-bond donors (Lipinski definition) is 0. The molecule has 2 aromatic carbocycles. The van der Waals surface area contributed by atoms with E-state index in [0.29, 0.717) is 11.4 Å². The molecule has 4 rings (SSSR count). The monoisotopic (exact) mass is 480 g/mol. The summed E-state index contributed by atoms with van der Waals surface area (Å²) in [6.07, 6.45) is 0.341. The second kappa shape index (κ2) is 10.3. The highest BCUT2D eigenvalue weighted by molar-refractivity contribution is 6.04. The van der Waals surface area contributed by atoms with Crippen LogP contribution >= 0.6 is 0 Å². The van der Waals surface area contributed by atoms with Crippen LogP contribution in [-0.2, 0) is 35.2 Å². The van der Waals surface area contributed by atoms with Crippen LogP contribution in [0.5, 0.6) is 5.75 Å². The van der Waals surface area contributed by atoms with Crippen molar-refractivity contribution in [1.82, 2.24) is 5.06 Å². The molecule has 9 nitrogen and oxygen atoms in total. The van der Waals surface area contributed by atoms with Crippen molar-refractivity contribution in [2.24, 2.45) is 11.8 Å². The van der Waals surface area contributed by atoms with E-state index in [1.807, 2.05) is 30.3 Å². The molecule has 0 saturated carbocycles. The molecule has 184 valence electrons. The minimum atomic E-state index is -1.22. The van der Waals surface area contributed by atoms with Crippen molar-refractivity contribution < 1.29 is 33.4 Å². The van der Waals surface area contributed by atoms with E-state index < -0.39 is 42.0 Å². The van der Waals surface area contributed by atoms with Gasteiger partial charge in [-0.1, -0.05) is 36.4 Å². The molecule has 0 radical (unpaired) electrons. The lowest BCUT2D eigenvalue weighted by Gasteiger charge is -2.50. The number of anilines is 1. The van der Waals surface area contributed by atoms with E-state index in [9.17, 15) is 14.4 Å². The number of carbonyl (C=O) groups excluding carboxylic acids is 3. The van der Waals surface area contributed by atoms with Crippen molar-refractivity contribution in [3.63, 3.8) is 0 Å². The van der Waals surface area contributed by atoms with Gasteiger partial charge in [0.15, 0.2) is 6.10 Å². The summed E-state index contributed by atoms with van der Waals surface area (Å²) in [5.74, 6) is -2.47. The van der Waals surface area contributed by atoms with Crippen molar-refractivity contribution in [3.8, 4) is 5.75 Å². The Morgan fingerprint density at radius 1 is 0.971 bits per heavy atom. The third-order valence-electron chi connectivity index (χ3n) is 6.51. The van der Waals surface area contributed by atoms with Crippen LogP contribution in [-0.4, -0.2) is 62.4 Å². The average Bonchev–Trinajstić information content (AvgIpc) is 3.25. The summed E-state index contributed by atoms with van der Waals surface area (Å²) in [5, 5.41) is 1.59. The third kappa shape index (κ3) is 4.40. The number of benzene rings is 2. The maximum Gasteiger partial charge on any atom is 0.338 e. The molecule has 2 aliphatic rings. The van der Waals surface area contributed by atoms with E-state index in [1.165, 1.54) is 14.2 Å². The maximum atomic E-state index is 13.2. The molecule has 0 aliphatic carbocycles. The number of ether oxygens (including phenoxy) is 3. The molecule has 0 unspecified atom stereocenters. The molecular formula is C26H28N2O7. The molecule has 2 saturated heterocycles. The quantitative estimate of drug-likeness (QED) is 0.323. The minimum absolute atomic E-state index is 0.167. The number of methoxy groups -OCH3 is 3. The maximum absolute atomic E-state index is 13.2. The van der Waals surface area contributed by atoms with Gasteiger partial charge >= 0.3 is 11.9 Å². The summed E-state index contributed by atoms with van der Waals surface area (Å²) in [7, 11) is 4.05. The molecule has 2 aromatic rings. The molecule has 0 spiro atoms. The molecule has 2 fully saturated rings. The molecule has 5 atom stereocenters. The predicted octanol–water partition coefficient (Wildman–Crippen LogP) is 2.36. The first-order chi connectivity index (χ1) is 16.9. The molecule has 2 aliphatic heterocycles. The van der Waals surface area contributed by atoms with Gasteiger partial charge in [0.25, 0.3) is 0 Å². The first-order valence-corrected chi connectivity index (χ1v) is 11.2. The van der Waals surface area contributed by atoms with Gasteiger partial charge in [-0.05, 0) is 29.8 Å². The van der Waals surface area contributed by atoms with Crippen LogP contribution in [0.3, 0.4) is 0 Å². The van der Waals surface area contributed by atoms with Crippen molar-refractivity contribution >= 4 is 23.5 Å². The van der Waals surface area contributed by atoms with Gasteiger partial charge in [0.05, 0.1) is 39.3 Å². The van der Waals surface area contributed by atoms with Crippen LogP contribution in [0.1, 0.15) is 5.56 Å². The Morgan fingerprint density at radius 3 is 2.20 bits per heavy atom. The van der Waals surface area contributed by atoms with Crippen LogP contribution in [0.25, 0.3) is 0 Å². The first-order valence-electron chi connectivity index (χ1n) is 11.2. The fourth-order valence-electron chi connectivity index (χ4n) is 4.81. The van der Waals surface area contributed by atoms with E-state index in [0.717, 1.165) is 5.56 Å². The molecule has 0 aromatic heterocycles. The third-order valence-corrected chi connectivity index (χ3v) is 6.51. The summed E-state index contributed by atoms with van der Waals surface area (Å²) < 4.78 is 15.2. The van der Waals surface area contributed by atoms with Gasteiger partial charge in [-0.25, -0.2) is 4.79 Å². The van der Waals surface area contributed by atoms with Gasteiger partial charge in [-0.15, -0.1) is 6.58 Å². The van der Waals surface area contributed by atoms with Gasteiger partial charge < -0.3 is 19.1 Å². The van der Waals surface area contributed by atoms with Crippen LogP contribution in [0, 0.1) is 11.8 Å². The number of esters is 2. The summed E-state index contributed by atoms with van der Waals surface area (Å²) in [6.45, 7) is 4.12. The zero-order valence-corrected chi connectivity index (χ0v) is 19.8. The number of hydrogen-bond acceptors (Lipinski definition) is 8. The van der Waals surface area contributed by atoms with E-state index in [2.05, 4.69) is 6.58 Å². The smallest absolute Gasteiger partial charge is 0.338 e. The second-order valence-corrected chi connectivity index (χ2v) is 8.31. The highest BCUT2D eigenvalue weighted by atomic mass is 16.7. The fraction of sp³-hybridized carbons (Fsp3) is 0.346. The summed E-state index contributed by atoms with van der Waals surface area (Å²) >= 11 is 0. The predicted molar refractivity (Wildman–Crippen MR) is 126 cm³/mol. The molecule has 9 heteroatoms. The lowest BCUT2D eigenvalue weighted by molar-refractivity contribution is -0.195. The van der Waals surface area contributed by atoms with Crippen molar-refractivity contribution in [2.75, 3.05) is 26.2 Å². The summed E-state index contributed by atoms with van der Waals surface area (Å²) in [6, 6.07) is 15.3. The van der Waals surface area contributed by atoms with Crippen molar-refractivity contribution in [2.45, 2.75) is 24.7 Å². The largest absolute Gasteiger partial charge is 0.497 e. The normalized spacial score (nSPS) is 26.1. The van der Waals surface area contributed by atoms with Crippen molar-refractivity contribution in [3.05, 3.63) is 72.8 Å². The molecule has 0 N–H and O–H groups in total. The zero-order valence-electron chi connectivity index (χ0n) is 19.8. The first kappa shape index (κ1) is 24.4. The fourth-order valence-corrected chi connectivity index (χ4v) is 4.81. The van der Waals surface area contributed by atoms with E-state index in [-0.39, 0.29) is 12.5 Å². The second-order valence-electron chi connectivity index (χ2n) is 8.31. The lowest BCUT2D eigenvalue weighted by atomic mass is 9.75. The number of amides is 1. The Balaban J connectivity index is 1.78. The van der Waals surface area contributed by atoms with Crippen LogP contribution in [0.2, 0.25) is 0 Å². The summed E-state index contributed by atoms with van der Waals surface area (Å²) in [5.41, 5.74) is 1.53. The number of carbonyl (C=O) groups is 3. The number of β-lactam (4-membered cyclic amide) rings is 1. The highest BCUT2D eigenvalue weighted by Crippen LogP contribution is 2.44. The number of nitrogens with zero attached hydrogens (tertiary/aromatic N) is 2.